The molecule has 0 fully saturated rings. The van der Waals surface area contributed by atoms with E-state index in [2.05, 4.69) is 9.72 Å². The molecule has 0 aliphatic heterocycles. The monoisotopic (exact) mass is 387 g/mol. The molecular weight excluding hydrogens is 376 g/mol. The van der Waals surface area contributed by atoms with E-state index in [0.717, 1.165) is 0 Å². The zero-order valence-corrected chi connectivity index (χ0v) is 13.0. The Morgan fingerprint density at radius 2 is 2.10 bits per heavy atom. The molecule has 1 aromatic heterocycles. The molecule has 2 aromatic rings. The van der Waals surface area contributed by atoms with E-state index in [0.29, 0.717) is 14.7 Å². The number of rotatable bonds is 3. The number of hydrogen-bond acceptors (Lipinski definition) is 4. The lowest BCUT2D eigenvalue weighted by Crippen LogP contribution is -2.07. The molecular formula is C14H11FINO3. The number of esters is 1. The van der Waals surface area contributed by atoms with Crippen molar-refractivity contribution in [2.75, 3.05) is 14.2 Å². The van der Waals surface area contributed by atoms with Gasteiger partial charge in [-0.1, -0.05) is 12.1 Å². The maximum absolute atomic E-state index is 14.2. The van der Waals surface area contributed by atoms with Crippen LogP contribution in [-0.4, -0.2) is 25.2 Å². The van der Waals surface area contributed by atoms with Crippen molar-refractivity contribution < 1.29 is 18.7 Å². The van der Waals surface area contributed by atoms with Crippen LogP contribution in [0.1, 0.15) is 10.5 Å². The van der Waals surface area contributed by atoms with Crippen LogP contribution in [-0.2, 0) is 4.74 Å². The van der Waals surface area contributed by atoms with Gasteiger partial charge in [0.15, 0.2) is 17.3 Å². The molecule has 0 N–H and O–H groups in total. The number of aromatic nitrogens is 1. The summed E-state index contributed by atoms with van der Waals surface area (Å²) >= 11 is 1.96. The van der Waals surface area contributed by atoms with E-state index in [-0.39, 0.29) is 11.4 Å². The highest BCUT2D eigenvalue weighted by Crippen LogP contribution is 2.29. The predicted molar refractivity (Wildman–Crippen MR) is 80.2 cm³/mol. The van der Waals surface area contributed by atoms with Gasteiger partial charge >= 0.3 is 5.97 Å². The van der Waals surface area contributed by atoms with Gasteiger partial charge in [-0.15, -0.1) is 0 Å². The number of methoxy groups -OCH3 is 2. The Hall–Kier alpha value is -1.70. The van der Waals surface area contributed by atoms with Gasteiger partial charge in [-0.25, -0.2) is 14.2 Å². The maximum Gasteiger partial charge on any atom is 0.357 e. The highest BCUT2D eigenvalue weighted by Gasteiger charge is 2.15. The molecule has 0 bridgehead atoms. The molecule has 0 aliphatic carbocycles. The third kappa shape index (κ3) is 2.74. The van der Waals surface area contributed by atoms with Crippen molar-refractivity contribution in [3.63, 3.8) is 0 Å². The van der Waals surface area contributed by atoms with Crippen LogP contribution in [0, 0.1) is 9.39 Å². The van der Waals surface area contributed by atoms with Crippen LogP contribution in [0.15, 0.2) is 30.5 Å². The van der Waals surface area contributed by atoms with Crippen molar-refractivity contribution in [1.82, 2.24) is 4.98 Å². The van der Waals surface area contributed by atoms with Crippen molar-refractivity contribution in [2.24, 2.45) is 0 Å². The van der Waals surface area contributed by atoms with Crippen molar-refractivity contribution >= 4 is 28.6 Å². The summed E-state index contributed by atoms with van der Waals surface area (Å²) in [6, 6.07) is 6.54. The molecule has 1 aromatic carbocycles. The van der Waals surface area contributed by atoms with Crippen LogP contribution in [0.5, 0.6) is 5.75 Å². The smallest absolute Gasteiger partial charge is 0.357 e. The van der Waals surface area contributed by atoms with Crippen LogP contribution in [0.3, 0.4) is 0 Å². The van der Waals surface area contributed by atoms with Gasteiger partial charge < -0.3 is 9.47 Å². The first-order valence-corrected chi connectivity index (χ1v) is 6.73. The van der Waals surface area contributed by atoms with E-state index in [4.69, 9.17) is 4.74 Å². The zero-order chi connectivity index (χ0) is 14.7. The fourth-order valence-corrected chi connectivity index (χ4v) is 2.42. The summed E-state index contributed by atoms with van der Waals surface area (Å²) in [5, 5.41) is 0. The van der Waals surface area contributed by atoms with Crippen LogP contribution in [0.25, 0.3) is 11.1 Å². The van der Waals surface area contributed by atoms with Crippen LogP contribution < -0.4 is 4.74 Å². The Morgan fingerprint density at radius 3 is 2.70 bits per heavy atom. The van der Waals surface area contributed by atoms with Gasteiger partial charge in [0.2, 0.25) is 0 Å². The van der Waals surface area contributed by atoms with Crippen molar-refractivity contribution in [1.29, 1.82) is 0 Å². The Labute approximate surface area is 129 Å². The van der Waals surface area contributed by atoms with Gasteiger partial charge in [-0.3, -0.25) is 0 Å². The van der Waals surface area contributed by atoms with E-state index in [1.165, 1.54) is 20.4 Å². The number of pyridine rings is 1. The molecule has 0 amide bonds. The van der Waals surface area contributed by atoms with Gasteiger partial charge in [0.05, 0.1) is 14.2 Å². The number of benzene rings is 1. The maximum atomic E-state index is 14.2. The minimum Gasteiger partial charge on any atom is -0.494 e. The molecule has 0 aliphatic rings. The van der Waals surface area contributed by atoms with Crippen molar-refractivity contribution in [2.45, 2.75) is 0 Å². The summed E-state index contributed by atoms with van der Waals surface area (Å²) < 4.78 is 24.3. The summed E-state index contributed by atoms with van der Waals surface area (Å²) in [6.45, 7) is 0. The van der Waals surface area contributed by atoms with E-state index < -0.39 is 11.8 Å². The number of ether oxygens (including phenoxy) is 2. The van der Waals surface area contributed by atoms with Crippen LogP contribution in [0.2, 0.25) is 0 Å². The number of nitrogens with zero attached hydrogens (tertiary/aromatic N) is 1. The fraction of sp³-hybridized carbons (Fsp3) is 0.143. The topological polar surface area (TPSA) is 48.4 Å². The quantitative estimate of drug-likeness (QED) is 0.599. The standard InChI is InChI=1S/C14H11FINO3/c1-19-11-5-3-4-9(12(11)15)8-6-10(16)13(17-7-8)14(18)20-2/h3-7H,1-2H3. The molecule has 2 rings (SSSR count). The van der Waals surface area contributed by atoms with E-state index in [1.54, 1.807) is 24.3 Å². The van der Waals surface area contributed by atoms with Gasteiger partial charge in [0, 0.05) is 20.9 Å². The van der Waals surface area contributed by atoms with E-state index in [1.807, 2.05) is 22.6 Å². The normalized spacial score (nSPS) is 10.2. The lowest BCUT2D eigenvalue weighted by Gasteiger charge is -2.09. The minimum atomic E-state index is -0.521. The molecule has 6 heteroatoms. The number of carbonyl (C=O) groups is 1. The molecule has 0 saturated carbocycles. The first kappa shape index (κ1) is 14.7. The summed E-state index contributed by atoms with van der Waals surface area (Å²) in [6.07, 6.45) is 1.44. The average Bonchev–Trinajstić information content (AvgIpc) is 2.46. The van der Waals surface area contributed by atoms with Crippen LogP contribution in [0.4, 0.5) is 4.39 Å². The summed E-state index contributed by atoms with van der Waals surface area (Å²) in [4.78, 5) is 15.5. The zero-order valence-electron chi connectivity index (χ0n) is 10.8. The second kappa shape index (κ2) is 6.17. The lowest BCUT2D eigenvalue weighted by atomic mass is 10.1. The lowest BCUT2D eigenvalue weighted by molar-refractivity contribution is 0.0593. The molecule has 20 heavy (non-hydrogen) atoms. The first-order valence-electron chi connectivity index (χ1n) is 5.65. The molecule has 1 heterocycles. The molecule has 0 saturated heterocycles. The highest BCUT2D eigenvalue weighted by molar-refractivity contribution is 14.1. The molecule has 0 unspecified atom stereocenters. The fourth-order valence-electron chi connectivity index (χ4n) is 1.72. The number of halogens is 2. The number of hydrogen-bond donors (Lipinski definition) is 0. The van der Waals surface area contributed by atoms with Gasteiger partial charge in [-0.2, -0.15) is 0 Å². The summed E-state index contributed by atoms with van der Waals surface area (Å²) in [5.74, 6) is -0.819. The molecule has 0 spiro atoms. The van der Waals surface area contributed by atoms with Crippen LogP contribution >= 0.6 is 22.6 Å². The summed E-state index contributed by atoms with van der Waals surface area (Å²) in [5.41, 5.74) is 1.14. The Balaban J connectivity index is 2.50. The Bertz CT molecular complexity index is 661. The second-order valence-corrected chi connectivity index (χ2v) is 5.03. The largest absolute Gasteiger partial charge is 0.494 e. The second-order valence-electron chi connectivity index (χ2n) is 3.87. The van der Waals surface area contributed by atoms with Gasteiger partial charge in [0.1, 0.15) is 0 Å². The molecule has 0 atom stereocenters. The third-order valence-electron chi connectivity index (χ3n) is 2.71. The van der Waals surface area contributed by atoms with E-state index >= 15 is 0 Å². The minimum absolute atomic E-state index is 0.162. The average molecular weight is 387 g/mol. The number of carbonyl (C=O) groups excluding carboxylic acids is 1. The summed E-state index contributed by atoms with van der Waals surface area (Å²) in [7, 11) is 2.69. The molecule has 4 nitrogen and oxygen atoms in total. The van der Waals surface area contributed by atoms with Crippen molar-refractivity contribution in [3.05, 3.63) is 45.5 Å². The van der Waals surface area contributed by atoms with Gasteiger partial charge in [-0.05, 0) is 34.7 Å². The molecule has 0 radical (unpaired) electrons. The Morgan fingerprint density at radius 1 is 1.35 bits per heavy atom. The Kier molecular flexibility index (Phi) is 4.53. The molecule has 104 valence electrons. The first-order chi connectivity index (χ1) is 9.58. The highest BCUT2D eigenvalue weighted by atomic mass is 127. The van der Waals surface area contributed by atoms with E-state index in [9.17, 15) is 9.18 Å². The predicted octanol–water partition coefficient (Wildman–Crippen LogP) is 3.29. The third-order valence-corrected chi connectivity index (χ3v) is 3.54. The SMILES string of the molecule is COC(=O)c1ncc(-c2cccc(OC)c2F)cc1I. The van der Waals surface area contributed by atoms with Crippen molar-refractivity contribution in [3.8, 4) is 16.9 Å². The van der Waals surface area contributed by atoms with Gasteiger partial charge in [0.25, 0.3) is 0 Å².